The fraction of sp³-hybridized carbons (Fsp3) is 0.571. The lowest BCUT2D eigenvalue weighted by Crippen LogP contribution is -2.43. The molecule has 1 aliphatic rings. The Morgan fingerprint density at radius 1 is 1.17 bits per heavy atom. The van der Waals surface area contributed by atoms with Crippen LogP contribution >= 0.6 is 0 Å². The Bertz CT molecular complexity index is 788. The van der Waals surface area contributed by atoms with Gasteiger partial charge in [0, 0.05) is 25.5 Å². The smallest absolute Gasteiger partial charge is 0.304 e. The summed E-state index contributed by atoms with van der Waals surface area (Å²) in [5, 5.41) is 11.0. The summed E-state index contributed by atoms with van der Waals surface area (Å²) < 4.78 is 10.6. The van der Waals surface area contributed by atoms with E-state index in [1.807, 2.05) is 0 Å². The first kappa shape index (κ1) is 23.3. The standard InChI is InChI=1S/C21H28N2O7/c1-15(24)19-13-18(10-11-20(19)23(27)28)29-12-6-9-21(26)22(14-30-16(2)25)17-7-4-3-5-8-17/h10-11,13,17H,3-9,12,14H2,1-2H3. The molecule has 0 aromatic heterocycles. The van der Waals surface area contributed by atoms with E-state index in [1.54, 1.807) is 4.90 Å². The first-order valence-electron chi connectivity index (χ1n) is 10.1. The Balaban J connectivity index is 1.90. The second kappa shape index (κ2) is 11.3. The molecule has 0 radical (unpaired) electrons. The number of nitro benzene ring substituents is 1. The normalized spacial score (nSPS) is 14.1. The van der Waals surface area contributed by atoms with E-state index < -0.39 is 16.7 Å². The number of esters is 1. The molecule has 0 N–H and O–H groups in total. The molecule has 1 aromatic rings. The zero-order chi connectivity index (χ0) is 22.1. The topological polar surface area (TPSA) is 116 Å². The zero-order valence-electron chi connectivity index (χ0n) is 17.4. The van der Waals surface area contributed by atoms with E-state index in [4.69, 9.17) is 9.47 Å². The predicted molar refractivity (Wildman–Crippen MR) is 108 cm³/mol. The fourth-order valence-corrected chi connectivity index (χ4v) is 3.54. The molecule has 0 heterocycles. The van der Waals surface area contributed by atoms with E-state index in [-0.39, 0.29) is 43.0 Å². The van der Waals surface area contributed by atoms with Crippen LogP contribution in [0.1, 0.15) is 69.2 Å². The number of hydrogen-bond acceptors (Lipinski definition) is 7. The summed E-state index contributed by atoms with van der Waals surface area (Å²) in [5.41, 5.74) is -0.281. The molecular formula is C21H28N2O7. The maximum Gasteiger partial charge on any atom is 0.304 e. The van der Waals surface area contributed by atoms with Crippen molar-refractivity contribution in [1.29, 1.82) is 0 Å². The van der Waals surface area contributed by atoms with Crippen LogP contribution in [0.5, 0.6) is 5.75 Å². The lowest BCUT2D eigenvalue weighted by molar-refractivity contribution is -0.385. The summed E-state index contributed by atoms with van der Waals surface area (Å²) in [5.74, 6) is -0.607. The summed E-state index contributed by atoms with van der Waals surface area (Å²) in [6.45, 7) is 2.75. The van der Waals surface area contributed by atoms with Gasteiger partial charge in [0.15, 0.2) is 12.5 Å². The van der Waals surface area contributed by atoms with Crippen LogP contribution in [0.4, 0.5) is 5.69 Å². The van der Waals surface area contributed by atoms with Crippen LogP contribution in [0.25, 0.3) is 0 Å². The lowest BCUT2D eigenvalue weighted by Gasteiger charge is -2.33. The zero-order valence-corrected chi connectivity index (χ0v) is 17.4. The van der Waals surface area contributed by atoms with Crippen LogP contribution in [0, 0.1) is 10.1 Å². The van der Waals surface area contributed by atoms with E-state index in [1.165, 1.54) is 32.0 Å². The number of rotatable bonds is 10. The van der Waals surface area contributed by atoms with Crippen LogP contribution in [0.3, 0.4) is 0 Å². The minimum atomic E-state index is -0.609. The summed E-state index contributed by atoms with van der Waals surface area (Å²) >= 11 is 0. The molecule has 0 saturated heterocycles. The van der Waals surface area contributed by atoms with Crippen LogP contribution in [0.15, 0.2) is 18.2 Å². The molecule has 0 aliphatic heterocycles. The Morgan fingerprint density at radius 2 is 1.87 bits per heavy atom. The summed E-state index contributed by atoms with van der Waals surface area (Å²) in [6.07, 6.45) is 5.71. The molecule has 1 saturated carbocycles. The molecule has 0 spiro atoms. The lowest BCUT2D eigenvalue weighted by atomic mass is 9.94. The molecule has 1 aromatic carbocycles. The van der Waals surface area contributed by atoms with Crippen LogP contribution in [-0.2, 0) is 14.3 Å². The SMILES string of the molecule is CC(=O)OCN(C(=O)CCCOc1ccc([N+](=O)[O-])c(C(C)=O)c1)C1CCCCC1. The highest BCUT2D eigenvalue weighted by molar-refractivity contribution is 5.98. The number of Topliss-reactive ketones (excluding diaryl/α,β-unsaturated/α-hetero) is 1. The third-order valence-electron chi connectivity index (χ3n) is 5.09. The summed E-state index contributed by atoms with van der Waals surface area (Å²) in [7, 11) is 0. The van der Waals surface area contributed by atoms with Gasteiger partial charge in [-0.05, 0) is 38.3 Å². The molecule has 0 unspecified atom stereocenters. The summed E-state index contributed by atoms with van der Waals surface area (Å²) in [6, 6.07) is 4.10. The van der Waals surface area contributed by atoms with Gasteiger partial charge in [-0.2, -0.15) is 0 Å². The van der Waals surface area contributed by atoms with E-state index in [2.05, 4.69) is 0 Å². The van der Waals surface area contributed by atoms with Crippen molar-refractivity contribution in [2.45, 2.75) is 64.8 Å². The summed E-state index contributed by atoms with van der Waals surface area (Å²) in [4.78, 5) is 47.5. The Kier molecular flexibility index (Phi) is 8.76. The maximum atomic E-state index is 12.7. The van der Waals surface area contributed by atoms with Crippen molar-refractivity contribution in [3.63, 3.8) is 0 Å². The molecule has 164 valence electrons. The second-order valence-corrected chi connectivity index (χ2v) is 7.36. The largest absolute Gasteiger partial charge is 0.494 e. The number of carbonyl (C=O) groups is 3. The highest BCUT2D eigenvalue weighted by Gasteiger charge is 2.26. The molecule has 9 heteroatoms. The van der Waals surface area contributed by atoms with Crippen LogP contribution in [-0.4, -0.2) is 46.9 Å². The average molecular weight is 420 g/mol. The number of ketones is 1. The van der Waals surface area contributed by atoms with Gasteiger partial charge in [0.2, 0.25) is 5.91 Å². The Labute approximate surface area is 175 Å². The maximum absolute atomic E-state index is 12.7. The van der Waals surface area contributed by atoms with Crippen molar-refractivity contribution >= 4 is 23.3 Å². The van der Waals surface area contributed by atoms with Crippen LogP contribution < -0.4 is 4.74 Å². The molecule has 1 aliphatic carbocycles. The second-order valence-electron chi connectivity index (χ2n) is 7.36. The molecule has 0 atom stereocenters. The molecule has 30 heavy (non-hydrogen) atoms. The average Bonchev–Trinajstić information content (AvgIpc) is 2.71. The minimum absolute atomic E-state index is 0.0153. The molecule has 1 amide bonds. The Hall–Kier alpha value is -2.97. The van der Waals surface area contributed by atoms with Crippen molar-refractivity contribution in [3.8, 4) is 5.75 Å². The first-order valence-corrected chi connectivity index (χ1v) is 10.1. The fourth-order valence-electron chi connectivity index (χ4n) is 3.54. The van der Waals surface area contributed by atoms with Crippen molar-refractivity contribution in [3.05, 3.63) is 33.9 Å². The van der Waals surface area contributed by atoms with E-state index >= 15 is 0 Å². The molecule has 2 rings (SSSR count). The number of ether oxygens (including phenoxy) is 2. The number of benzene rings is 1. The quantitative estimate of drug-likeness (QED) is 0.142. The number of carbonyl (C=O) groups excluding carboxylic acids is 3. The van der Waals surface area contributed by atoms with Crippen molar-refractivity contribution in [2.75, 3.05) is 13.3 Å². The van der Waals surface area contributed by atoms with Gasteiger partial charge in [-0.3, -0.25) is 24.5 Å². The number of amides is 1. The molecule has 1 fully saturated rings. The van der Waals surface area contributed by atoms with E-state index in [0.717, 1.165) is 32.1 Å². The van der Waals surface area contributed by atoms with Gasteiger partial charge in [-0.15, -0.1) is 0 Å². The number of hydrogen-bond donors (Lipinski definition) is 0. The monoisotopic (exact) mass is 420 g/mol. The minimum Gasteiger partial charge on any atom is -0.494 e. The third-order valence-corrected chi connectivity index (χ3v) is 5.09. The van der Waals surface area contributed by atoms with Gasteiger partial charge in [-0.1, -0.05) is 19.3 Å². The van der Waals surface area contributed by atoms with Gasteiger partial charge in [0.1, 0.15) is 5.75 Å². The van der Waals surface area contributed by atoms with Crippen molar-refractivity contribution < 1.29 is 28.8 Å². The molecule has 9 nitrogen and oxygen atoms in total. The van der Waals surface area contributed by atoms with Crippen molar-refractivity contribution in [1.82, 2.24) is 4.90 Å². The highest BCUT2D eigenvalue weighted by Crippen LogP contribution is 2.25. The van der Waals surface area contributed by atoms with Crippen molar-refractivity contribution in [2.24, 2.45) is 0 Å². The van der Waals surface area contributed by atoms with Crippen LogP contribution in [0.2, 0.25) is 0 Å². The van der Waals surface area contributed by atoms with E-state index in [9.17, 15) is 24.5 Å². The first-order chi connectivity index (χ1) is 14.3. The number of nitro groups is 1. The third kappa shape index (κ3) is 6.82. The van der Waals surface area contributed by atoms with Gasteiger partial charge >= 0.3 is 5.97 Å². The van der Waals surface area contributed by atoms with Gasteiger partial charge in [0.05, 0.1) is 17.1 Å². The highest BCUT2D eigenvalue weighted by atomic mass is 16.6. The van der Waals surface area contributed by atoms with E-state index in [0.29, 0.717) is 12.2 Å². The van der Waals surface area contributed by atoms with Gasteiger partial charge < -0.3 is 14.4 Å². The van der Waals surface area contributed by atoms with Gasteiger partial charge in [-0.25, -0.2) is 0 Å². The molecular weight excluding hydrogens is 392 g/mol. The van der Waals surface area contributed by atoms with Gasteiger partial charge in [0.25, 0.3) is 5.69 Å². The molecule has 0 bridgehead atoms. The number of nitrogens with zero attached hydrogens (tertiary/aromatic N) is 2. The predicted octanol–water partition coefficient (Wildman–Crippen LogP) is 3.64. The Morgan fingerprint density at radius 3 is 2.47 bits per heavy atom.